The summed E-state index contributed by atoms with van der Waals surface area (Å²) < 4.78 is 5.34. The fourth-order valence-electron chi connectivity index (χ4n) is 2.64. The van der Waals surface area contributed by atoms with Gasteiger partial charge in [0.25, 0.3) is 0 Å². The summed E-state index contributed by atoms with van der Waals surface area (Å²) in [6.45, 7) is 4.48. The number of hydrogen-bond acceptors (Lipinski definition) is 4. The molecule has 0 aromatic heterocycles. The summed E-state index contributed by atoms with van der Waals surface area (Å²) in [6, 6.07) is 5.47. The minimum absolute atomic E-state index is 0.256. The highest BCUT2D eigenvalue weighted by Crippen LogP contribution is 2.25. The summed E-state index contributed by atoms with van der Waals surface area (Å²) in [7, 11) is 1.64. The van der Waals surface area contributed by atoms with E-state index < -0.39 is 0 Å². The number of benzene rings is 1. The molecular weight excluding hydrogens is 242 g/mol. The van der Waals surface area contributed by atoms with Crippen LogP contribution in [0.4, 0.5) is 0 Å². The van der Waals surface area contributed by atoms with Crippen LogP contribution in [-0.2, 0) is 6.54 Å². The van der Waals surface area contributed by atoms with Crippen LogP contribution in [0, 0.1) is 5.92 Å². The summed E-state index contributed by atoms with van der Waals surface area (Å²) in [5, 5.41) is 9.62. The molecule has 1 aromatic carbocycles. The smallest absolute Gasteiger partial charge is 0.150 e. The highest BCUT2D eigenvalue weighted by molar-refractivity contribution is 5.75. The number of likely N-dealkylation sites (tertiary alicyclic amines) is 1. The summed E-state index contributed by atoms with van der Waals surface area (Å²) in [6.07, 6.45) is 1.62. The number of hydrogen-bond donors (Lipinski definition) is 1. The fraction of sp³-hybridized carbons (Fsp3) is 0.533. The predicted octanol–water partition coefficient (Wildman–Crippen LogP) is 1.71. The lowest BCUT2D eigenvalue weighted by atomic mass is 10.0. The number of carbonyl (C=O) groups excluding carboxylic acids is 1. The summed E-state index contributed by atoms with van der Waals surface area (Å²) in [4.78, 5) is 13.1. The molecule has 4 heteroatoms. The first kappa shape index (κ1) is 14.0. The zero-order chi connectivity index (χ0) is 13.8. The van der Waals surface area contributed by atoms with Gasteiger partial charge >= 0.3 is 0 Å². The first-order valence-corrected chi connectivity index (χ1v) is 6.66. The van der Waals surface area contributed by atoms with E-state index in [0.717, 1.165) is 43.7 Å². The molecule has 1 fully saturated rings. The van der Waals surface area contributed by atoms with Crippen molar-refractivity contribution in [2.45, 2.75) is 26.0 Å². The predicted molar refractivity (Wildman–Crippen MR) is 73.4 cm³/mol. The molecule has 1 aliphatic heterocycles. The van der Waals surface area contributed by atoms with Crippen LogP contribution in [0.2, 0.25) is 0 Å². The lowest BCUT2D eigenvalue weighted by Crippen LogP contribution is -2.24. The van der Waals surface area contributed by atoms with Gasteiger partial charge in [-0.25, -0.2) is 0 Å². The molecule has 4 nitrogen and oxygen atoms in total. The highest BCUT2D eigenvalue weighted by atomic mass is 16.5. The van der Waals surface area contributed by atoms with E-state index in [-0.39, 0.29) is 6.10 Å². The van der Waals surface area contributed by atoms with Crippen molar-refractivity contribution in [1.82, 2.24) is 4.90 Å². The third kappa shape index (κ3) is 3.33. The van der Waals surface area contributed by atoms with Gasteiger partial charge in [-0.3, -0.25) is 9.69 Å². The molecule has 0 bridgehead atoms. The van der Waals surface area contributed by atoms with Gasteiger partial charge in [0, 0.05) is 24.2 Å². The highest BCUT2D eigenvalue weighted by Gasteiger charge is 2.26. The normalized spacial score (nSPS) is 21.3. The van der Waals surface area contributed by atoms with E-state index in [1.165, 1.54) is 0 Å². The number of aliphatic hydroxyl groups excluding tert-OH is 1. The van der Waals surface area contributed by atoms with E-state index in [4.69, 9.17) is 4.74 Å². The molecular formula is C15H21NO3. The Morgan fingerprint density at radius 2 is 2.37 bits per heavy atom. The van der Waals surface area contributed by atoms with Gasteiger partial charge in [-0.05, 0) is 44.0 Å². The molecule has 1 heterocycles. The second-order valence-electron chi connectivity index (χ2n) is 5.21. The van der Waals surface area contributed by atoms with Crippen LogP contribution in [0.3, 0.4) is 0 Å². The van der Waals surface area contributed by atoms with Gasteiger partial charge in [0.1, 0.15) is 12.0 Å². The second kappa shape index (κ2) is 6.17. The van der Waals surface area contributed by atoms with Crippen LogP contribution < -0.4 is 4.74 Å². The topological polar surface area (TPSA) is 49.8 Å². The number of aldehydes is 1. The van der Waals surface area contributed by atoms with Crippen molar-refractivity contribution in [2.24, 2.45) is 5.92 Å². The monoisotopic (exact) mass is 263 g/mol. The molecule has 2 unspecified atom stereocenters. The number of aliphatic hydroxyl groups is 1. The van der Waals surface area contributed by atoms with E-state index in [0.29, 0.717) is 11.5 Å². The van der Waals surface area contributed by atoms with Gasteiger partial charge in [-0.1, -0.05) is 0 Å². The molecule has 19 heavy (non-hydrogen) atoms. The number of nitrogens with zero attached hydrogens (tertiary/aromatic N) is 1. The number of carbonyl (C=O) groups is 1. The van der Waals surface area contributed by atoms with Crippen molar-refractivity contribution in [3.8, 4) is 5.75 Å². The number of methoxy groups -OCH3 is 1. The molecule has 2 rings (SSSR count). The molecule has 2 atom stereocenters. The maximum atomic E-state index is 10.8. The van der Waals surface area contributed by atoms with E-state index in [2.05, 4.69) is 4.90 Å². The van der Waals surface area contributed by atoms with Gasteiger partial charge in [0.05, 0.1) is 13.2 Å². The van der Waals surface area contributed by atoms with Crippen LogP contribution in [-0.4, -0.2) is 42.6 Å². The maximum absolute atomic E-state index is 10.8. The first-order valence-electron chi connectivity index (χ1n) is 6.66. The molecule has 1 aromatic rings. The maximum Gasteiger partial charge on any atom is 0.150 e. The van der Waals surface area contributed by atoms with Crippen molar-refractivity contribution in [1.29, 1.82) is 0 Å². The van der Waals surface area contributed by atoms with Gasteiger partial charge in [0.2, 0.25) is 0 Å². The number of rotatable bonds is 5. The lowest BCUT2D eigenvalue weighted by Gasteiger charge is -2.19. The molecule has 104 valence electrons. The Balaban J connectivity index is 2.08. The van der Waals surface area contributed by atoms with Crippen molar-refractivity contribution in [2.75, 3.05) is 20.2 Å². The minimum atomic E-state index is -0.256. The van der Waals surface area contributed by atoms with Gasteiger partial charge in [-0.2, -0.15) is 0 Å². The zero-order valence-corrected chi connectivity index (χ0v) is 11.5. The molecule has 1 aliphatic rings. The summed E-state index contributed by atoms with van der Waals surface area (Å²) in [5.74, 6) is 1.16. The average Bonchev–Trinajstić information content (AvgIpc) is 2.87. The van der Waals surface area contributed by atoms with Crippen molar-refractivity contribution in [3.63, 3.8) is 0 Å². The summed E-state index contributed by atoms with van der Waals surface area (Å²) in [5.41, 5.74) is 1.69. The Bertz CT molecular complexity index is 445. The van der Waals surface area contributed by atoms with Gasteiger partial charge in [0.15, 0.2) is 0 Å². The first-order chi connectivity index (χ1) is 9.13. The van der Waals surface area contributed by atoms with Gasteiger partial charge in [-0.15, -0.1) is 0 Å². The molecule has 1 N–H and O–H groups in total. The molecule has 0 aliphatic carbocycles. The van der Waals surface area contributed by atoms with E-state index in [1.807, 2.05) is 19.1 Å². The molecule has 0 saturated carbocycles. The second-order valence-corrected chi connectivity index (χ2v) is 5.21. The average molecular weight is 263 g/mol. The van der Waals surface area contributed by atoms with Crippen LogP contribution in [0.5, 0.6) is 5.75 Å². The lowest BCUT2D eigenvalue weighted by molar-refractivity contribution is 0.112. The number of ether oxygens (including phenoxy) is 1. The van der Waals surface area contributed by atoms with Crippen molar-refractivity contribution in [3.05, 3.63) is 29.3 Å². The minimum Gasteiger partial charge on any atom is -0.496 e. The molecule has 0 radical (unpaired) electrons. The third-order valence-corrected chi connectivity index (χ3v) is 3.83. The summed E-state index contributed by atoms with van der Waals surface area (Å²) >= 11 is 0. The van der Waals surface area contributed by atoms with Gasteiger partial charge < -0.3 is 9.84 Å². The molecule has 0 spiro atoms. The van der Waals surface area contributed by atoms with E-state index in [1.54, 1.807) is 13.2 Å². The standard InChI is InChI=1S/C15H21NO3/c1-11(18)13-5-6-16(8-13)9-14-7-12(10-17)3-4-15(14)19-2/h3-4,7,10-11,13,18H,5-6,8-9H2,1-2H3. The SMILES string of the molecule is COc1ccc(C=O)cc1CN1CCC(C(C)O)C1. The Labute approximate surface area is 114 Å². The molecule has 0 amide bonds. The van der Waals surface area contributed by atoms with E-state index >= 15 is 0 Å². The third-order valence-electron chi connectivity index (χ3n) is 3.83. The molecule has 1 saturated heterocycles. The van der Waals surface area contributed by atoms with Crippen LogP contribution in [0.25, 0.3) is 0 Å². The quantitative estimate of drug-likeness (QED) is 0.822. The van der Waals surface area contributed by atoms with Crippen LogP contribution in [0.1, 0.15) is 29.3 Å². The Kier molecular flexibility index (Phi) is 4.56. The Hall–Kier alpha value is -1.39. The zero-order valence-electron chi connectivity index (χ0n) is 11.5. The van der Waals surface area contributed by atoms with Crippen LogP contribution in [0.15, 0.2) is 18.2 Å². The Morgan fingerprint density at radius 1 is 1.58 bits per heavy atom. The van der Waals surface area contributed by atoms with Crippen LogP contribution >= 0.6 is 0 Å². The van der Waals surface area contributed by atoms with Crippen molar-refractivity contribution >= 4 is 6.29 Å². The fourth-order valence-corrected chi connectivity index (χ4v) is 2.64. The largest absolute Gasteiger partial charge is 0.496 e. The van der Waals surface area contributed by atoms with E-state index in [9.17, 15) is 9.90 Å². The van der Waals surface area contributed by atoms with Crippen molar-refractivity contribution < 1.29 is 14.6 Å². The Morgan fingerprint density at radius 3 is 2.95 bits per heavy atom.